The number of aliphatic hydroxyl groups excluding tert-OH is 1. The van der Waals surface area contributed by atoms with E-state index in [1.807, 2.05) is 91.3 Å². The summed E-state index contributed by atoms with van der Waals surface area (Å²) in [5, 5.41) is 15.8. The molecule has 1 unspecified atom stereocenters. The Morgan fingerprint density at radius 1 is 0.974 bits per heavy atom. The van der Waals surface area contributed by atoms with Crippen LogP contribution in [-0.4, -0.2) is 45.6 Å². The Morgan fingerprint density at radius 3 is 2.47 bits per heavy atom. The minimum Gasteiger partial charge on any atom is -0.491 e. The van der Waals surface area contributed by atoms with Crippen molar-refractivity contribution >= 4 is 0 Å². The fourth-order valence-electron chi connectivity index (χ4n) is 4.71. The van der Waals surface area contributed by atoms with Gasteiger partial charge in [0, 0.05) is 19.6 Å². The molecule has 1 aromatic heterocycles. The van der Waals surface area contributed by atoms with E-state index in [4.69, 9.17) is 14.6 Å². The number of ether oxygens (including phenoxy) is 2. The van der Waals surface area contributed by atoms with Gasteiger partial charge in [-0.1, -0.05) is 48.5 Å². The number of aromatic nitrogens is 2. The van der Waals surface area contributed by atoms with Crippen molar-refractivity contribution in [3.63, 3.8) is 0 Å². The standard InChI is InChI=1S/C32H37N3O3/c1-23-10-9-14-29(18-23)38-32-30(25(3)33-35(32)27-12-5-4-6-13-27)21-34(19-26-16-17-26)20-28(36)22-37-31-15-8-7-11-24(31)2/h4-15,18,26,28,36H,16-17,19-22H2,1-3H3. The third-order valence-corrected chi connectivity index (χ3v) is 6.93. The van der Waals surface area contributed by atoms with Gasteiger partial charge in [0.05, 0.1) is 16.9 Å². The number of rotatable bonds is 12. The third kappa shape index (κ3) is 6.63. The van der Waals surface area contributed by atoms with Gasteiger partial charge in [0.15, 0.2) is 0 Å². The quantitative estimate of drug-likeness (QED) is 0.244. The molecule has 1 aliphatic rings. The molecule has 6 heteroatoms. The molecule has 0 spiro atoms. The first kappa shape index (κ1) is 26.0. The molecule has 38 heavy (non-hydrogen) atoms. The molecule has 1 fully saturated rings. The van der Waals surface area contributed by atoms with Gasteiger partial charge in [-0.3, -0.25) is 4.90 Å². The van der Waals surface area contributed by atoms with Crippen molar-refractivity contribution in [3.05, 3.63) is 101 Å². The molecule has 1 heterocycles. The molecule has 0 aliphatic heterocycles. The Balaban J connectivity index is 1.39. The van der Waals surface area contributed by atoms with Gasteiger partial charge in [0.2, 0.25) is 5.88 Å². The SMILES string of the molecule is Cc1cccc(Oc2c(CN(CC(O)COc3ccccc3C)CC3CC3)c(C)nn2-c2ccccc2)c1. The van der Waals surface area contributed by atoms with Crippen molar-refractivity contribution in [2.75, 3.05) is 19.7 Å². The summed E-state index contributed by atoms with van der Waals surface area (Å²) in [5.41, 5.74) is 5.10. The van der Waals surface area contributed by atoms with E-state index in [0.29, 0.717) is 24.9 Å². The van der Waals surface area contributed by atoms with E-state index in [1.54, 1.807) is 0 Å². The summed E-state index contributed by atoms with van der Waals surface area (Å²) in [7, 11) is 0. The van der Waals surface area contributed by atoms with Crippen molar-refractivity contribution in [1.29, 1.82) is 0 Å². The molecular formula is C32H37N3O3. The zero-order chi connectivity index (χ0) is 26.5. The maximum absolute atomic E-state index is 11.0. The van der Waals surface area contributed by atoms with E-state index in [1.165, 1.54) is 12.8 Å². The molecule has 3 aromatic carbocycles. The zero-order valence-corrected chi connectivity index (χ0v) is 22.5. The second kappa shape index (κ2) is 11.8. The van der Waals surface area contributed by atoms with Gasteiger partial charge in [0.25, 0.3) is 0 Å². The Kier molecular flexibility index (Phi) is 8.11. The maximum atomic E-state index is 11.0. The summed E-state index contributed by atoms with van der Waals surface area (Å²) >= 11 is 0. The summed E-state index contributed by atoms with van der Waals surface area (Å²) in [6.45, 7) is 8.45. The Labute approximate surface area is 225 Å². The highest BCUT2D eigenvalue weighted by Gasteiger charge is 2.28. The topological polar surface area (TPSA) is 59.8 Å². The normalized spacial score (nSPS) is 14.0. The van der Waals surface area contributed by atoms with E-state index in [2.05, 4.69) is 17.9 Å². The largest absolute Gasteiger partial charge is 0.491 e. The Hall–Kier alpha value is -3.61. The van der Waals surface area contributed by atoms with Crippen LogP contribution in [0.2, 0.25) is 0 Å². The van der Waals surface area contributed by atoms with Crippen LogP contribution in [0.5, 0.6) is 17.4 Å². The molecular weight excluding hydrogens is 474 g/mol. The lowest BCUT2D eigenvalue weighted by Gasteiger charge is -2.25. The van der Waals surface area contributed by atoms with Crippen molar-refractivity contribution in [1.82, 2.24) is 14.7 Å². The first-order valence-corrected chi connectivity index (χ1v) is 13.4. The van der Waals surface area contributed by atoms with Crippen LogP contribution in [-0.2, 0) is 6.54 Å². The molecule has 1 aliphatic carbocycles. The minimum absolute atomic E-state index is 0.251. The molecule has 4 aromatic rings. The second-order valence-corrected chi connectivity index (χ2v) is 10.4. The predicted octanol–water partition coefficient (Wildman–Crippen LogP) is 6.24. The minimum atomic E-state index is -0.612. The Bertz CT molecular complexity index is 1350. The van der Waals surface area contributed by atoms with Gasteiger partial charge in [-0.2, -0.15) is 5.10 Å². The summed E-state index contributed by atoms with van der Waals surface area (Å²) < 4.78 is 14.4. The summed E-state index contributed by atoms with van der Waals surface area (Å²) in [4.78, 5) is 2.33. The predicted molar refractivity (Wildman–Crippen MR) is 150 cm³/mol. The number of aryl methyl sites for hydroxylation is 3. The van der Waals surface area contributed by atoms with Crippen molar-refractivity contribution in [2.45, 2.75) is 46.3 Å². The molecule has 0 amide bonds. The fraction of sp³-hybridized carbons (Fsp3) is 0.344. The third-order valence-electron chi connectivity index (χ3n) is 6.93. The lowest BCUT2D eigenvalue weighted by atomic mass is 10.2. The zero-order valence-electron chi connectivity index (χ0n) is 22.5. The van der Waals surface area contributed by atoms with Crippen molar-refractivity contribution in [2.24, 2.45) is 5.92 Å². The van der Waals surface area contributed by atoms with Crippen molar-refractivity contribution in [3.8, 4) is 23.1 Å². The number of nitrogens with zero attached hydrogens (tertiary/aromatic N) is 3. The van der Waals surface area contributed by atoms with Gasteiger partial charge in [-0.15, -0.1) is 0 Å². The average molecular weight is 512 g/mol. The number of hydrogen-bond acceptors (Lipinski definition) is 5. The first-order valence-electron chi connectivity index (χ1n) is 13.4. The first-order chi connectivity index (χ1) is 18.5. The average Bonchev–Trinajstić information content (AvgIpc) is 3.68. The summed E-state index contributed by atoms with van der Waals surface area (Å²) in [5.74, 6) is 2.98. The maximum Gasteiger partial charge on any atom is 0.227 e. The van der Waals surface area contributed by atoms with Crippen LogP contribution in [0.4, 0.5) is 0 Å². The highest BCUT2D eigenvalue weighted by molar-refractivity contribution is 5.43. The molecule has 0 saturated heterocycles. The van der Waals surface area contributed by atoms with Gasteiger partial charge < -0.3 is 14.6 Å². The number of para-hydroxylation sites is 2. The molecule has 0 bridgehead atoms. The van der Waals surface area contributed by atoms with Crippen LogP contribution >= 0.6 is 0 Å². The van der Waals surface area contributed by atoms with E-state index in [-0.39, 0.29) is 6.61 Å². The van der Waals surface area contributed by atoms with Crippen LogP contribution in [0.3, 0.4) is 0 Å². The molecule has 5 rings (SSSR count). The molecule has 1 atom stereocenters. The molecule has 6 nitrogen and oxygen atoms in total. The fourth-order valence-corrected chi connectivity index (χ4v) is 4.71. The van der Waals surface area contributed by atoms with Crippen LogP contribution < -0.4 is 9.47 Å². The van der Waals surface area contributed by atoms with E-state index < -0.39 is 6.10 Å². The van der Waals surface area contributed by atoms with E-state index in [9.17, 15) is 5.11 Å². The van der Waals surface area contributed by atoms with Crippen molar-refractivity contribution < 1.29 is 14.6 Å². The van der Waals surface area contributed by atoms with Gasteiger partial charge in [-0.25, -0.2) is 4.68 Å². The van der Waals surface area contributed by atoms with Gasteiger partial charge in [-0.05, 0) is 81.0 Å². The Morgan fingerprint density at radius 2 is 1.74 bits per heavy atom. The number of benzene rings is 3. The van der Waals surface area contributed by atoms with Crippen LogP contribution in [0.25, 0.3) is 5.69 Å². The summed E-state index contributed by atoms with van der Waals surface area (Å²) in [6, 6.07) is 26.1. The summed E-state index contributed by atoms with van der Waals surface area (Å²) in [6.07, 6.45) is 1.86. The van der Waals surface area contributed by atoms with Gasteiger partial charge in [0.1, 0.15) is 24.2 Å². The highest BCUT2D eigenvalue weighted by atomic mass is 16.5. The monoisotopic (exact) mass is 511 g/mol. The van der Waals surface area contributed by atoms with Crippen LogP contribution in [0, 0.1) is 26.7 Å². The van der Waals surface area contributed by atoms with E-state index >= 15 is 0 Å². The lowest BCUT2D eigenvalue weighted by molar-refractivity contribution is 0.0634. The molecule has 0 radical (unpaired) electrons. The number of hydrogen-bond donors (Lipinski definition) is 1. The lowest BCUT2D eigenvalue weighted by Crippen LogP contribution is -2.36. The number of aliphatic hydroxyl groups is 1. The highest BCUT2D eigenvalue weighted by Crippen LogP contribution is 2.34. The molecule has 1 N–H and O–H groups in total. The molecule has 198 valence electrons. The van der Waals surface area contributed by atoms with Crippen LogP contribution in [0.15, 0.2) is 78.9 Å². The van der Waals surface area contributed by atoms with E-state index in [0.717, 1.165) is 46.1 Å². The smallest absolute Gasteiger partial charge is 0.227 e. The van der Waals surface area contributed by atoms with Crippen LogP contribution in [0.1, 0.15) is 35.2 Å². The second-order valence-electron chi connectivity index (χ2n) is 10.4. The van der Waals surface area contributed by atoms with Gasteiger partial charge >= 0.3 is 0 Å². The molecule has 1 saturated carbocycles.